The number of aliphatic hydroxyl groups is 2. The van der Waals surface area contributed by atoms with Crippen LogP contribution in [0.4, 0.5) is 0 Å². The van der Waals surface area contributed by atoms with Crippen molar-refractivity contribution in [3.8, 4) is 23.4 Å². The molecular weight excluding hydrogens is 262 g/mol. The first-order valence-corrected chi connectivity index (χ1v) is 6.12. The molecule has 0 radical (unpaired) electrons. The van der Waals surface area contributed by atoms with Crippen LogP contribution in [0, 0.1) is 0 Å². The molecule has 0 unspecified atom stereocenters. The molecule has 7 nitrogen and oxygen atoms in total. The van der Waals surface area contributed by atoms with E-state index in [1.54, 1.807) is 0 Å². The van der Waals surface area contributed by atoms with Crippen molar-refractivity contribution in [2.45, 2.75) is 0 Å². The molecule has 2 N–H and O–H groups in total. The second kappa shape index (κ2) is 7.37. The van der Waals surface area contributed by atoms with Crippen LogP contribution in [0.2, 0.25) is 0 Å². The van der Waals surface area contributed by atoms with E-state index in [4.69, 9.17) is 19.7 Å². The number of aromatic nitrogens is 3. The van der Waals surface area contributed by atoms with Crippen molar-refractivity contribution in [2.24, 2.45) is 0 Å². The van der Waals surface area contributed by atoms with Crippen molar-refractivity contribution >= 4 is 0 Å². The summed E-state index contributed by atoms with van der Waals surface area (Å²) < 4.78 is 10.4. The van der Waals surface area contributed by atoms with Crippen LogP contribution < -0.4 is 9.47 Å². The highest BCUT2D eigenvalue weighted by Crippen LogP contribution is 2.19. The summed E-state index contributed by atoms with van der Waals surface area (Å²) in [6.45, 7) is -0.117. The van der Waals surface area contributed by atoms with Crippen molar-refractivity contribution in [1.29, 1.82) is 0 Å². The van der Waals surface area contributed by atoms with E-state index in [1.807, 2.05) is 30.3 Å². The topological polar surface area (TPSA) is 97.6 Å². The maximum absolute atomic E-state index is 8.76. The standard InChI is InChI=1S/C13H15N3O4/c17-6-8-19-12-14-11(10-4-2-1-3-5-10)15-13(16-12)20-9-7-18/h1-5,17-18H,6-9H2. The summed E-state index contributed by atoms with van der Waals surface area (Å²) >= 11 is 0. The third kappa shape index (κ3) is 3.87. The Kier molecular flexibility index (Phi) is 5.22. The molecule has 2 rings (SSSR count). The third-order valence-corrected chi connectivity index (χ3v) is 2.27. The number of aliphatic hydroxyl groups excluding tert-OH is 2. The lowest BCUT2D eigenvalue weighted by molar-refractivity contribution is 0.177. The van der Waals surface area contributed by atoms with E-state index in [-0.39, 0.29) is 38.4 Å². The first kappa shape index (κ1) is 14.2. The monoisotopic (exact) mass is 277 g/mol. The molecule has 106 valence electrons. The van der Waals surface area contributed by atoms with E-state index in [9.17, 15) is 0 Å². The average molecular weight is 277 g/mol. The number of rotatable bonds is 7. The van der Waals surface area contributed by atoms with E-state index in [2.05, 4.69) is 15.0 Å². The van der Waals surface area contributed by atoms with Gasteiger partial charge in [-0.2, -0.15) is 9.97 Å². The second-order valence-corrected chi connectivity index (χ2v) is 3.73. The predicted molar refractivity (Wildman–Crippen MR) is 70.4 cm³/mol. The Hall–Kier alpha value is -2.25. The first-order chi connectivity index (χ1) is 9.83. The van der Waals surface area contributed by atoms with Gasteiger partial charge in [0.05, 0.1) is 13.2 Å². The highest BCUT2D eigenvalue weighted by atomic mass is 16.5. The van der Waals surface area contributed by atoms with Crippen molar-refractivity contribution in [3.63, 3.8) is 0 Å². The smallest absolute Gasteiger partial charge is 0.323 e. The van der Waals surface area contributed by atoms with Crippen LogP contribution >= 0.6 is 0 Å². The molecule has 0 atom stereocenters. The van der Waals surface area contributed by atoms with Gasteiger partial charge >= 0.3 is 12.0 Å². The summed E-state index contributed by atoms with van der Waals surface area (Å²) in [5.74, 6) is 0.404. The predicted octanol–water partition coefficient (Wildman–Crippen LogP) is 0.281. The first-order valence-electron chi connectivity index (χ1n) is 6.12. The lowest BCUT2D eigenvalue weighted by atomic mass is 10.2. The molecule has 1 heterocycles. The summed E-state index contributed by atoms with van der Waals surface area (Å²) in [5, 5.41) is 17.5. The SMILES string of the molecule is OCCOc1nc(OCCO)nc(-c2ccccc2)n1. The zero-order valence-electron chi connectivity index (χ0n) is 10.8. The van der Waals surface area contributed by atoms with Crippen LogP contribution in [-0.2, 0) is 0 Å². The summed E-state index contributed by atoms with van der Waals surface area (Å²) in [4.78, 5) is 12.2. The molecule has 0 aliphatic carbocycles. The van der Waals surface area contributed by atoms with Gasteiger partial charge < -0.3 is 19.7 Å². The number of hydrogen-bond acceptors (Lipinski definition) is 7. The molecule has 0 spiro atoms. The number of hydrogen-bond donors (Lipinski definition) is 2. The van der Waals surface area contributed by atoms with Gasteiger partial charge in [0.25, 0.3) is 0 Å². The molecule has 1 aromatic heterocycles. The van der Waals surface area contributed by atoms with Crippen molar-refractivity contribution in [2.75, 3.05) is 26.4 Å². The van der Waals surface area contributed by atoms with Crippen LogP contribution in [0.5, 0.6) is 12.0 Å². The van der Waals surface area contributed by atoms with E-state index in [0.29, 0.717) is 5.82 Å². The van der Waals surface area contributed by atoms with E-state index in [0.717, 1.165) is 5.56 Å². The summed E-state index contributed by atoms with van der Waals surface area (Å²) in [6.07, 6.45) is 0. The Morgan fingerprint density at radius 2 is 1.35 bits per heavy atom. The van der Waals surface area contributed by atoms with E-state index < -0.39 is 0 Å². The zero-order chi connectivity index (χ0) is 14.2. The van der Waals surface area contributed by atoms with Gasteiger partial charge in [0.2, 0.25) is 0 Å². The van der Waals surface area contributed by atoms with Gasteiger partial charge in [0.15, 0.2) is 5.82 Å². The van der Waals surface area contributed by atoms with Crippen LogP contribution in [0.25, 0.3) is 11.4 Å². The Bertz CT molecular complexity index is 510. The third-order valence-electron chi connectivity index (χ3n) is 2.27. The van der Waals surface area contributed by atoms with E-state index >= 15 is 0 Å². The second-order valence-electron chi connectivity index (χ2n) is 3.73. The zero-order valence-corrected chi connectivity index (χ0v) is 10.8. The fourth-order valence-corrected chi connectivity index (χ4v) is 1.46. The maximum atomic E-state index is 8.76. The number of ether oxygens (including phenoxy) is 2. The molecule has 0 saturated heterocycles. The molecule has 20 heavy (non-hydrogen) atoms. The minimum atomic E-state index is -0.140. The van der Waals surface area contributed by atoms with Gasteiger partial charge in [-0.05, 0) is 0 Å². The lowest BCUT2D eigenvalue weighted by Crippen LogP contribution is -2.10. The average Bonchev–Trinajstić information content (AvgIpc) is 2.51. The largest absolute Gasteiger partial charge is 0.461 e. The van der Waals surface area contributed by atoms with Crippen LogP contribution in [0.1, 0.15) is 0 Å². The van der Waals surface area contributed by atoms with Gasteiger partial charge in [0.1, 0.15) is 13.2 Å². The van der Waals surface area contributed by atoms with Gasteiger partial charge in [-0.25, -0.2) is 0 Å². The number of benzene rings is 1. The Balaban J connectivity index is 2.29. The fourth-order valence-electron chi connectivity index (χ4n) is 1.46. The van der Waals surface area contributed by atoms with Crippen molar-refractivity contribution in [3.05, 3.63) is 30.3 Å². The van der Waals surface area contributed by atoms with Crippen LogP contribution in [0.3, 0.4) is 0 Å². The Labute approximate surface area is 115 Å². The van der Waals surface area contributed by atoms with E-state index in [1.165, 1.54) is 0 Å². The summed E-state index contributed by atoms with van der Waals surface area (Å²) in [6, 6.07) is 9.45. The Morgan fingerprint density at radius 1 is 0.800 bits per heavy atom. The maximum Gasteiger partial charge on any atom is 0.323 e. The van der Waals surface area contributed by atoms with Crippen LogP contribution in [-0.4, -0.2) is 51.6 Å². The molecule has 2 aromatic rings. The lowest BCUT2D eigenvalue weighted by Gasteiger charge is -2.08. The summed E-state index contributed by atoms with van der Waals surface area (Å²) in [5.41, 5.74) is 0.789. The van der Waals surface area contributed by atoms with Gasteiger partial charge in [-0.1, -0.05) is 30.3 Å². The normalized spacial score (nSPS) is 10.3. The van der Waals surface area contributed by atoms with Gasteiger partial charge in [-0.15, -0.1) is 4.98 Å². The van der Waals surface area contributed by atoms with Gasteiger partial charge in [-0.3, -0.25) is 0 Å². The number of nitrogens with zero attached hydrogens (tertiary/aromatic N) is 3. The highest BCUT2D eigenvalue weighted by molar-refractivity contribution is 5.54. The minimum Gasteiger partial charge on any atom is -0.461 e. The minimum absolute atomic E-state index is 0.0702. The van der Waals surface area contributed by atoms with Crippen molar-refractivity contribution < 1.29 is 19.7 Å². The molecule has 7 heteroatoms. The molecule has 0 saturated carbocycles. The quantitative estimate of drug-likeness (QED) is 0.750. The van der Waals surface area contributed by atoms with Crippen molar-refractivity contribution in [1.82, 2.24) is 15.0 Å². The van der Waals surface area contributed by atoms with Crippen LogP contribution in [0.15, 0.2) is 30.3 Å². The molecular formula is C13H15N3O4. The summed E-state index contributed by atoms with van der Waals surface area (Å²) in [7, 11) is 0. The molecule has 0 aliphatic heterocycles. The molecule has 0 fully saturated rings. The molecule has 0 aliphatic rings. The molecule has 1 aromatic carbocycles. The Morgan fingerprint density at radius 3 is 1.85 bits per heavy atom. The molecule has 0 amide bonds. The molecule has 0 bridgehead atoms. The highest BCUT2D eigenvalue weighted by Gasteiger charge is 2.10. The van der Waals surface area contributed by atoms with Gasteiger partial charge in [0, 0.05) is 5.56 Å². The fraction of sp³-hybridized carbons (Fsp3) is 0.308.